The zero-order chi connectivity index (χ0) is 12.8. The van der Waals surface area contributed by atoms with E-state index >= 15 is 0 Å². The van der Waals surface area contributed by atoms with Crippen LogP contribution in [0.4, 0.5) is 0 Å². The molecule has 1 saturated carbocycles. The summed E-state index contributed by atoms with van der Waals surface area (Å²) in [5, 5.41) is 2.94. The van der Waals surface area contributed by atoms with Gasteiger partial charge in [-0.1, -0.05) is 12.0 Å². The summed E-state index contributed by atoms with van der Waals surface area (Å²) in [6.07, 6.45) is 9.07. The Morgan fingerprint density at radius 1 is 1.56 bits per heavy atom. The van der Waals surface area contributed by atoms with Gasteiger partial charge in [0.2, 0.25) is 5.91 Å². The first-order valence-corrected chi connectivity index (χ1v) is 6.15. The van der Waals surface area contributed by atoms with Gasteiger partial charge in [-0.2, -0.15) is 0 Å². The molecule has 94 valence electrons. The lowest BCUT2D eigenvalue weighted by Crippen LogP contribution is -2.39. The Bertz CT molecular complexity index is 434. The third kappa shape index (κ3) is 3.57. The van der Waals surface area contributed by atoms with E-state index in [-0.39, 0.29) is 5.91 Å². The minimum absolute atomic E-state index is 0.0957. The van der Waals surface area contributed by atoms with Gasteiger partial charge in [-0.15, -0.1) is 6.42 Å². The van der Waals surface area contributed by atoms with Crippen LogP contribution in [0.3, 0.4) is 0 Å². The van der Waals surface area contributed by atoms with Crippen molar-refractivity contribution in [1.82, 2.24) is 15.2 Å². The lowest BCUT2D eigenvalue weighted by atomic mass is 10.3. The highest BCUT2D eigenvalue weighted by Gasteiger charge is 2.32. The summed E-state index contributed by atoms with van der Waals surface area (Å²) in [7, 11) is 0. The molecule has 2 rings (SSSR count). The molecular formula is C14H17N3O. The molecule has 4 nitrogen and oxygen atoms in total. The Hall–Kier alpha value is -1.86. The minimum atomic E-state index is 0.0957. The van der Waals surface area contributed by atoms with Gasteiger partial charge in [-0.3, -0.25) is 15.1 Å². The smallest absolute Gasteiger partial charge is 0.237 e. The van der Waals surface area contributed by atoms with Crippen molar-refractivity contribution in [2.75, 3.05) is 13.1 Å². The van der Waals surface area contributed by atoms with Gasteiger partial charge < -0.3 is 4.90 Å². The fourth-order valence-electron chi connectivity index (χ4n) is 1.82. The molecule has 1 fully saturated rings. The number of nitrogens with one attached hydrogen (secondary N) is 1. The number of rotatable bonds is 6. The van der Waals surface area contributed by atoms with Gasteiger partial charge in [0.25, 0.3) is 0 Å². The molecule has 0 unspecified atom stereocenters. The molecule has 18 heavy (non-hydrogen) atoms. The lowest BCUT2D eigenvalue weighted by molar-refractivity contribution is -0.131. The van der Waals surface area contributed by atoms with Gasteiger partial charge in [-0.25, -0.2) is 0 Å². The second-order valence-corrected chi connectivity index (χ2v) is 4.38. The highest BCUT2D eigenvalue weighted by molar-refractivity contribution is 5.78. The molecule has 1 amide bonds. The molecule has 0 bridgehead atoms. The topological polar surface area (TPSA) is 45.2 Å². The van der Waals surface area contributed by atoms with Crippen molar-refractivity contribution >= 4 is 5.91 Å². The second-order valence-electron chi connectivity index (χ2n) is 4.38. The van der Waals surface area contributed by atoms with Crippen molar-refractivity contribution in [2.45, 2.75) is 25.4 Å². The maximum absolute atomic E-state index is 12.1. The number of pyridine rings is 1. The van der Waals surface area contributed by atoms with E-state index in [0.717, 1.165) is 18.5 Å². The van der Waals surface area contributed by atoms with Crippen LogP contribution in [-0.2, 0) is 11.3 Å². The fourth-order valence-corrected chi connectivity index (χ4v) is 1.82. The average Bonchev–Trinajstić information content (AvgIpc) is 3.21. The van der Waals surface area contributed by atoms with Crippen LogP contribution in [0.5, 0.6) is 0 Å². The summed E-state index contributed by atoms with van der Waals surface area (Å²) in [5.74, 6) is 2.56. The number of aromatic nitrogens is 1. The Morgan fingerprint density at radius 2 is 2.39 bits per heavy atom. The molecule has 1 aromatic rings. The maximum atomic E-state index is 12.1. The number of amides is 1. The first-order chi connectivity index (χ1) is 8.81. The highest BCUT2D eigenvalue weighted by atomic mass is 16.2. The van der Waals surface area contributed by atoms with Gasteiger partial charge in [0.1, 0.15) is 0 Å². The van der Waals surface area contributed by atoms with Gasteiger partial charge >= 0.3 is 0 Å². The molecule has 0 spiro atoms. The zero-order valence-corrected chi connectivity index (χ0v) is 10.3. The molecule has 1 aromatic heterocycles. The third-order valence-corrected chi connectivity index (χ3v) is 2.87. The van der Waals surface area contributed by atoms with E-state index in [9.17, 15) is 4.79 Å². The monoisotopic (exact) mass is 243 g/mol. The standard InChI is InChI=1S/C14H17N3O/c1-2-8-15-10-14(18)17(13-6-7-13)11-12-5-3-4-9-16-12/h1,3-5,9,13,15H,6-8,10-11H2. The molecule has 1 N–H and O–H groups in total. The number of hydrogen-bond acceptors (Lipinski definition) is 3. The molecule has 1 aliphatic carbocycles. The summed E-state index contributed by atoms with van der Waals surface area (Å²) in [6.45, 7) is 1.31. The van der Waals surface area contributed by atoms with Crippen molar-refractivity contribution in [3.8, 4) is 12.3 Å². The molecule has 0 radical (unpaired) electrons. The summed E-state index contributed by atoms with van der Waals surface area (Å²) in [4.78, 5) is 18.2. The first kappa shape index (κ1) is 12.6. The van der Waals surface area contributed by atoms with E-state index in [1.165, 1.54) is 0 Å². The molecule has 0 aromatic carbocycles. The van der Waals surface area contributed by atoms with Crippen LogP contribution in [0.25, 0.3) is 0 Å². The molecule has 4 heteroatoms. The average molecular weight is 243 g/mol. The van der Waals surface area contributed by atoms with Crippen LogP contribution < -0.4 is 5.32 Å². The normalized spacial score (nSPS) is 13.9. The number of carbonyl (C=O) groups is 1. The second kappa shape index (κ2) is 6.18. The SMILES string of the molecule is C#CCNCC(=O)N(Cc1ccccn1)C1CC1. The van der Waals surface area contributed by atoms with Crippen LogP contribution in [-0.4, -0.2) is 34.9 Å². The highest BCUT2D eigenvalue weighted by Crippen LogP contribution is 2.27. The van der Waals surface area contributed by atoms with E-state index in [1.54, 1.807) is 6.20 Å². The van der Waals surface area contributed by atoms with Gasteiger partial charge in [0.05, 0.1) is 25.3 Å². The van der Waals surface area contributed by atoms with Crippen molar-refractivity contribution in [3.63, 3.8) is 0 Å². The molecule has 1 heterocycles. The Morgan fingerprint density at radius 3 is 3.00 bits per heavy atom. The first-order valence-electron chi connectivity index (χ1n) is 6.15. The molecular weight excluding hydrogens is 226 g/mol. The van der Waals surface area contributed by atoms with E-state index < -0.39 is 0 Å². The number of carbonyl (C=O) groups excluding carboxylic acids is 1. The Kier molecular flexibility index (Phi) is 4.32. The van der Waals surface area contributed by atoms with Crippen LogP contribution in [0, 0.1) is 12.3 Å². The van der Waals surface area contributed by atoms with Gasteiger partial charge in [0, 0.05) is 12.2 Å². The molecule has 0 atom stereocenters. The van der Waals surface area contributed by atoms with E-state index in [0.29, 0.717) is 25.7 Å². The van der Waals surface area contributed by atoms with Crippen molar-refractivity contribution in [3.05, 3.63) is 30.1 Å². The van der Waals surface area contributed by atoms with Crippen molar-refractivity contribution in [1.29, 1.82) is 0 Å². The Labute approximate surface area is 107 Å². The predicted octanol–water partition coefficient (Wildman–Crippen LogP) is 0.795. The molecule has 0 saturated heterocycles. The van der Waals surface area contributed by atoms with Crippen LogP contribution >= 0.6 is 0 Å². The van der Waals surface area contributed by atoms with E-state index in [4.69, 9.17) is 6.42 Å². The molecule has 0 aliphatic heterocycles. The Balaban J connectivity index is 1.92. The van der Waals surface area contributed by atoms with Crippen LogP contribution in [0.1, 0.15) is 18.5 Å². The number of terminal acetylenes is 1. The van der Waals surface area contributed by atoms with Crippen molar-refractivity contribution in [2.24, 2.45) is 0 Å². The quantitative estimate of drug-likeness (QED) is 0.593. The predicted molar refractivity (Wildman–Crippen MR) is 69.5 cm³/mol. The summed E-state index contributed by atoms with van der Waals surface area (Å²) < 4.78 is 0. The fraction of sp³-hybridized carbons (Fsp3) is 0.429. The van der Waals surface area contributed by atoms with Crippen molar-refractivity contribution < 1.29 is 4.79 Å². The van der Waals surface area contributed by atoms with Gasteiger partial charge in [-0.05, 0) is 25.0 Å². The molecule has 1 aliphatic rings. The largest absolute Gasteiger partial charge is 0.333 e. The van der Waals surface area contributed by atoms with E-state index in [2.05, 4.69) is 16.2 Å². The van der Waals surface area contributed by atoms with Gasteiger partial charge in [0.15, 0.2) is 0 Å². The lowest BCUT2D eigenvalue weighted by Gasteiger charge is -2.22. The number of hydrogen-bond donors (Lipinski definition) is 1. The summed E-state index contributed by atoms with van der Waals surface area (Å²) >= 11 is 0. The number of nitrogens with zero attached hydrogens (tertiary/aromatic N) is 2. The summed E-state index contributed by atoms with van der Waals surface area (Å²) in [5.41, 5.74) is 0.926. The van der Waals surface area contributed by atoms with Crippen LogP contribution in [0.2, 0.25) is 0 Å². The third-order valence-electron chi connectivity index (χ3n) is 2.87. The summed E-state index contributed by atoms with van der Waals surface area (Å²) in [6, 6.07) is 6.14. The van der Waals surface area contributed by atoms with Crippen LogP contribution in [0.15, 0.2) is 24.4 Å². The minimum Gasteiger partial charge on any atom is -0.333 e. The zero-order valence-electron chi connectivity index (χ0n) is 10.3. The maximum Gasteiger partial charge on any atom is 0.237 e. The van der Waals surface area contributed by atoms with E-state index in [1.807, 2.05) is 23.1 Å².